The van der Waals surface area contributed by atoms with Crippen molar-refractivity contribution in [2.24, 2.45) is 10.8 Å². The Morgan fingerprint density at radius 2 is 0.837 bits per heavy atom. The molecule has 0 aromatic rings. The number of carbonyl (C=O) groups excluding carboxylic acids is 1. The fourth-order valence-electron chi connectivity index (χ4n) is 5.81. The Kier molecular flexibility index (Phi) is 6.15. The number of alkyl halides is 22. The zero-order chi connectivity index (χ0) is 34.9. The molecule has 4 saturated carbocycles. The lowest BCUT2D eigenvalue weighted by Gasteiger charge is -2.78. The summed E-state index contributed by atoms with van der Waals surface area (Å²) in [6, 6.07) is 0. The van der Waals surface area contributed by atoms with Gasteiger partial charge in [0, 0.05) is 5.57 Å². The minimum Gasteiger partial charge on any atom is -0.393 e. The highest BCUT2D eigenvalue weighted by molar-refractivity contribution is 5.87. The SMILES string of the molecule is C=C(C)C(=O)OC(F)(F)C(F)(F)C12C(F)(F)C3(F)C(F)(F)C(F)(C(F)(F)C(C(F)(F)C(O)(F)F)(C3(F)F)C1(F)F)C2(F)F. The van der Waals surface area contributed by atoms with Crippen molar-refractivity contribution in [3.63, 3.8) is 0 Å². The van der Waals surface area contributed by atoms with E-state index in [9.17, 15) is 57.5 Å². The first-order valence-electron chi connectivity index (χ1n) is 10.1. The maximum absolute atomic E-state index is 15.5. The number of hydrogen-bond donors (Lipinski definition) is 1. The summed E-state index contributed by atoms with van der Waals surface area (Å²) in [5.74, 6) is -77.2. The third-order valence-electron chi connectivity index (χ3n) is 7.68. The van der Waals surface area contributed by atoms with Crippen LogP contribution in [0.15, 0.2) is 12.2 Å². The molecular formula is C18H6F22O3. The Labute approximate surface area is 219 Å². The molecule has 1 N–H and O–H groups in total. The molecular weight excluding hydrogens is 682 g/mol. The Morgan fingerprint density at radius 3 is 1.09 bits per heavy atom. The van der Waals surface area contributed by atoms with E-state index in [-0.39, 0.29) is 6.92 Å². The number of hydrogen-bond acceptors (Lipinski definition) is 3. The molecule has 3 nitrogen and oxygen atoms in total. The van der Waals surface area contributed by atoms with Crippen molar-refractivity contribution < 1.29 is 111 Å². The topological polar surface area (TPSA) is 46.5 Å². The molecule has 4 rings (SSSR count). The van der Waals surface area contributed by atoms with Gasteiger partial charge in [-0.05, 0) is 6.92 Å². The first kappa shape index (κ1) is 35.1. The normalized spacial score (nSPS) is 38.5. The highest BCUT2D eigenvalue weighted by atomic mass is 19.4. The molecule has 0 aromatic heterocycles. The third kappa shape index (κ3) is 2.47. The molecule has 25 heteroatoms. The lowest BCUT2D eigenvalue weighted by molar-refractivity contribution is -0.663. The predicted octanol–water partition coefficient (Wildman–Crippen LogP) is 6.80. The smallest absolute Gasteiger partial charge is 0.393 e. The van der Waals surface area contributed by atoms with Gasteiger partial charge in [0.15, 0.2) is 0 Å². The van der Waals surface area contributed by atoms with Crippen LogP contribution in [0.3, 0.4) is 0 Å². The maximum Gasteiger partial charge on any atom is 0.467 e. The van der Waals surface area contributed by atoms with E-state index >= 15 is 43.9 Å². The van der Waals surface area contributed by atoms with Crippen LogP contribution < -0.4 is 0 Å². The van der Waals surface area contributed by atoms with Gasteiger partial charge in [-0.3, -0.25) is 0 Å². The monoisotopic (exact) mass is 688 g/mol. The molecule has 0 aliphatic heterocycles. The van der Waals surface area contributed by atoms with Crippen LogP contribution in [-0.4, -0.2) is 82.0 Å². The Balaban J connectivity index is 2.88. The molecule has 43 heavy (non-hydrogen) atoms. The van der Waals surface area contributed by atoms with Crippen LogP contribution in [-0.2, 0) is 9.53 Å². The second-order valence-corrected chi connectivity index (χ2v) is 9.64. The lowest BCUT2D eigenvalue weighted by Crippen LogP contribution is -3.10. The molecule has 2 atom stereocenters. The van der Waals surface area contributed by atoms with Crippen LogP contribution in [0.2, 0.25) is 0 Å². The van der Waals surface area contributed by atoms with E-state index in [1.54, 1.807) is 0 Å². The van der Waals surface area contributed by atoms with E-state index in [1.807, 2.05) is 0 Å². The van der Waals surface area contributed by atoms with Gasteiger partial charge < -0.3 is 9.84 Å². The van der Waals surface area contributed by atoms with Crippen molar-refractivity contribution in [2.45, 2.75) is 77.9 Å². The lowest BCUT2D eigenvalue weighted by atomic mass is 9.30. The van der Waals surface area contributed by atoms with Crippen molar-refractivity contribution >= 4 is 5.97 Å². The molecule has 250 valence electrons. The van der Waals surface area contributed by atoms with Crippen molar-refractivity contribution in [3.05, 3.63) is 12.2 Å². The molecule has 4 aliphatic carbocycles. The third-order valence-corrected chi connectivity index (χ3v) is 7.68. The van der Waals surface area contributed by atoms with Crippen LogP contribution in [0.5, 0.6) is 0 Å². The van der Waals surface area contributed by atoms with Crippen LogP contribution >= 0.6 is 0 Å². The Bertz CT molecular complexity index is 1230. The molecule has 0 aromatic carbocycles. The highest BCUT2D eigenvalue weighted by Crippen LogP contribution is 2.96. The summed E-state index contributed by atoms with van der Waals surface area (Å²) in [7, 11) is 0. The van der Waals surface area contributed by atoms with Crippen LogP contribution in [0.4, 0.5) is 96.6 Å². The quantitative estimate of drug-likeness (QED) is 0.190. The average Bonchev–Trinajstić information content (AvgIpc) is 2.72. The van der Waals surface area contributed by atoms with Crippen LogP contribution in [0.25, 0.3) is 0 Å². The zero-order valence-electron chi connectivity index (χ0n) is 19.3. The zero-order valence-corrected chi connectivity index (χ0v) is 19.3. The number of ether oxygens (including phenoxy) is 1. The standard InChI is InChI=1S/C18H6F22O3/c1-3(2)4(41)43-18(39,40)15(33,34)6-9(21,22)5(14(31,32)17(37,38)42)10(23,24)7(19,12(6,27)28)16(35,36)8(20,11(5,25)26)13(6,29)30/h42H,1H2,2H3. The summed E-state index contributed by atoms with van der Waals surface area (Å²) in [5.41, 5.74) is -38.9. The molecule has 4 aliphatic rings. The van der Waals surface area contributed by atoms with Crippen molar-refractivity contribution in [2.75, 3.05) is 0 Å². The Morgan fingerprint density at radius 1 is 0.558 bits per heavy atom. The Hall–Kier alpha value is -2.37. The van der Waals surface area contributed by atoms with Gasteiger partial charge in [-0.15, -0.1) is 0 Å². The van der Waals surface area contributed by atoms with Crippen molar-refractivity contribution in [3.8, 4) is 0 Å². The number of halogens is 22. The first-order chi connectivity index (χ1) is 18.3. The van der Waals surface area contributed by atoms with E-state index in [4.69, 9.17) is 5.11 Å². The summed E-state index contributed by atoms with van der Waals surface area (Å²) >= 11 is 0. The van der Waals surface area contributed by atoms with Crippen molar-refractivity contribution in [1.29, 1.82) is 0 Å². The van der Waals surface area contributed by atoms with E-state index in [2.05, 4.69) is 11.3 Å². The summed E-state index contributed by atoms with van der Waals surface area (Å²) in [6.07, 6.45) is -16.3. The fourth-order valence-corrected chi connectivity index (χ4v) is 5.81. The molecule has 0 spiro atoms. The molecule has 4 fully saturated rings. The van der Waals surface area contributed by atoms with Gasteiger partial charge in [0.05, 0.1) is 0 Å². The van der Waals surface area contributed by atoms with Gasteiger partial charge in [0.25, 0.3) is 5.92 Å². The maximum atomic E-state index is 15.5. The molecule has 2 unspecified atom stereocenters. The minimum atomic E-state index is -9.64. The van der Waals surface area contributed by atoms with E-state index in [1.165, 1.54) is 0 Å². The van der Waals surface area contributed by atoms with Gasteiger partial charge in [0.1, 0.15) is 0 Å². The summed E-state index contributed by atoms with van der Waals surface area (Å²) in [5, 5.41) is 8.18. The highest BCUT2D eigenvalue weighted by Gasteiger charge is 3.27. The number of rotatable bonds is 6. The molecule has 0 saturated heterocycles. The summed E-state index contributed by atoms with van der Waals surface area (Å²) in [6.45, 7) is 2.44. The van der Waals surface area contributed by atoms with Gasteiger partial charge in [-0.1, -0.05) is 6.58 Å². The van der Waals surface area contributed by atoms with E-state index < -0.39 is 93.3 Å². The number of esters is 1. The molecule has 0 radical (unpaired) electrons. The number of carbonyl (C=O) groups is 1. The van der Waals surface area contributed by atoms with Gasteiger partial charge in [-0.2, -0.15) is 43.9 Å². The average molecular weight is 688 g/mol. The van der Waals surface area contributed by atoms with Gasteiger partial charge >= 0.3 is 71.0 Å². The van der Waals surface area contributed by atoms with Gasteiger partial charge in [-0.25, -0.2) is 57.5 Å². The first-order valence-corrected chi connectivity index (χ1v) is 10.1. The van der Waals surface area contributed by atoms with Crippen molar-refractivity contribution in [1.82, 2.24) is 0 Å². The number of aliphatic hydroxyl groups is 1. The van der Waals surface area contributed by atoms with Gasteiger partial charge in [0.2, 0.25) is 10.8 Å². The molecule has 0 heterocycles. The second-order valence-electron chi connectivity index (χ2n) is 9.64. The summed E-state index contributed by atoms with van der Waals surface area (Å²) in [4.78, 5) is 11.2. The fraction of sp³-hybridized carbons (Fsp3) is 0.833. The molecule has 4 bridgehead atoms. The predicted molar refractivity (Wildman–Crippen MR) is 85.1 cm³/mol. The second kappa shape index (κ2) is 7.53. The minimum absolute atomic E-state index is 0.118. The van der Waals surface area contributed by atoms with E-state index in [0.717, 1.165) is 0 Å². The van der Waals surface area contributed by atoms with Crippen LogP contribution in [0, 0.1) is 10.8 Å². The largest absolute Gasteiger partial charge is 0.467 e. The van der Waals surface area contributed by atoms with E-state index in [0.29, 0.717) is 0 Å². The van der Waals surface area contributed by atoms with Crippen LogP contribution in [0.1, 0.15) is 6.92 Å². The molecule has 0 amide bonds. The summed E-state index contributed by atoms with van der Waals surface area (Å²) < 4.78 is 329.